The Morgan fingerprint density at radius 2 is 1.00 bits per heavy atom. The monoisotopic (exact) mass is 291 g/mol. The molecule has 0 aliphatic heterocycles. The van der Waals surface area contributed by atoms with Crippen LogP contribution in [0.1, 0.15) is 2.85 Å². The molecule has 0 aromatic carbocycles. The quantitative estimate of drug-likeness (QED) is 0.364. The summed E-state index contributed by atoms with van der Waals surface area (Å²) in [6, 6.07) is 0. The molecule has 0 bridgehead atoms. The smallest absolute Gasteiger partial charge is 1.00 e. The molecule has 0 amide bonds. The van der Waals surface area contributed by atoms with Gasteiger partial charge in [-0.05, 0) is 0 Å². The van der Waals surface area contributed by atoms with Crippen molar-refractivity contribution in [2.45, 2.75) is 0 Å². The molecular formula is H6CaEuO4Si. The summed E-state index contributed by atoms with van der Waals surface area (Å²) >= 11 is 0. The number of rotatable bonds is 0. The van der Waals surface area contributed by atoms with Gasteiger partial charge < -0.3 is 22.0 Å². The Hall–Kier alpha value is 2.90. The van der Waals surface area contributed by atoms with Crippen LogP contribution >= 0.6 is 0 Å². The molecule has 0 aromatic heterocycles. The Bertz CT molecular complexity index is 34.0. The first-order chi connectivity index (χ1) is 2.00. The molecule has 0 spiro atoms. The molecule has 0 heterocycles. The van der Waals surface area contributed by atoms with E-state index < -0.39 is 9.05 Å². The maximum absolute atomic E-state index is 7.33. The molecule has 0 unspecified atom stereocenters. The van der Waals surface area contributed by atoms with Crippen molar-refractivity contribution < 1.29 is 71.4 Å². The summed E-state index contributed by atoms with van der Waals surface area (Å²) in [5, 5.41) is 0. The fraction of sp³-hybridized carbons (Fsp3) is 0. The maximum Gasteiger partial charge on any atom is 2.00 e. The van der Waals surface area contributed by atoms with Gasteiger partial charge in [0, 0.05) is 49.4 Å². The maximum atomic E-state index is 7.33. The van der Waals surface area contributed by atoms with E-state index in [1.165, 1.54) is 0 Å². The van der Waals surface area contributed by atoms with Crippen LogP contribution in [0.2, 0.25) is 0 Å². The topological polar surface area (TPSA) is 80.9 Å². The van der Waals surface area contributed by atoms with Crippen molar-refractivity contribution in [1.82, 2.24) is 0 Å². The molecule has 1 radical (unpaired) electrons. The van der Waals surface area contributed by atoms with Crippen LogP contribution in [0.4, 0.5) is 0 Å². The average molecular weight is 290 g/mol. The van der Waals surface area contributed by atoms with Gasteiger partial charge in [0.25, 0.3) is 0 Å². The average Bonchev–Trinajstić information content (AvgIpc) is 0.722. The van der Waals surface area contributed by atoms with Gasteiger partial charge >= 0.3 is 46.8 Å². The first-order valence-corrected chi connectivity index (χ1v) is 2.68. The minimum atomic E-state index is -4.61. The Kier molecular flexibility index (Phi) is 16.5. The summed E-state index contributed by atoms with van der Waals surface area (Å²) in [6.07, 6.45) is 0. The molecule has 4 nitrogen and oxygen atoms in total. The predicted octanol–water partition coefficient (Wildman–Crippen LogP) is -2.76. The van der Waals surface area contributed by atoms with Gasteiger partial charge in [0.2, 0.25) is 0 Å². The van der Waals surface area contributed by atoms with Gasteiger partial charge in [0.1, 0.15) is 0 Å². The van der Waals surface area contributed by atoms with Crippen LogP contribution in [0.25, 0.3) is 0 Å². The SMILES string of the molecule is O[Si](O)(O)O.[Ca+2].[Eu].[H-].[H-]. The fourth-order valence-electron chi connectivity index (χ4n) is 0. The van der Waals surface area contributed by atoms with Crippen molar-refractivity contribution in [2.75, 3.05) is 0 Å². The van der Waals surface area contributed by atoms with E-state index in [-0.39, 0.29) is 90.0 Å². The Balaban J connectivity index is -0.0000000133. The molecule has 0 aliphatic carbocycles. The molecule has 0 aliphatic rings. The van der Waals surface area contributed by atoms with Crippen LogP contribution in [0.15, 0.2) is 0 Å². The first-order valence-electron chi connectivity index (χ1n) is 0.894. The molecular weight excluding hydrogens is 284 g/mol. The van der Waals surface area contributed by atoms with Gasteiger partial charge in [0.05, 0.1) is 0 Å². The normalized spacial score (nSPS) is 8.57. The minimum Gasteiger partial charge on any atom is -1.00 e. The van der Waals surface area contributed by atoms with Crippen LogP contribution in [0.3, 0.4) is 0 Å². The molecule has 7 heavy (non-hydrogen) atoms. The van der Waals surface area contributed by atoms with E-state index in [9.17, 15) is 0 Å². The summed E-state index contributed by atoms with van der Waals surface area (Å²) in [5.41, 5.74) is 0. The van der Waals surface area contributed by atoms with Crippen molar-refractivity contribution in [3.05, 3.63) is 0 Å². The van der Waals surface area contributed by atoms with Crippen molar-refractivity contribution in [2.24, 2.45) is 0 Å². The number of hydrogen-bond donors (Lipinski definition) is 4. The minimum absolute atomic E-state index is 0. The Morgan fingerprint density at radius 3 is 1.00 bits per heavy atom. The van der Waals surface area contributed by atoms with E-state index in [0.717, 1.165) is 0 Å². The standard InChI is InChI=1S/Ca.Eu.H4O4Si.2H/c;;1-5(2,3)4;;/h;;1-4H;;/q+2;;;2*-1. The fourth-order valence-corrected chi connectivity index (χ4v) is 0. The van der Waals surface area contributed by atoms with Gasteiger partial charge in [-0.1, -0.05) is 0 Å². The summed E-state index contributed by atoms with van der Waals surface area (Å²) in [5.74, 6) is 0. The van der Waals surface area contributed by atoms with Crippen LogP contribution in [-0.2, 0) is 0 Å². The Morgan fingerprint density at radius 1 is 1.00 bits per heavy atom. The van der Waals surface area contributed by atoms with E-state index in [0.29, 0.717) is 0 Å². The summed E-state index contributed by atoms with van der Waals surface area (Å²) in [6.45, 7) is 0. The molecule has 7 heteroatoms. The zero-order chi connectivity index (χ0) is 4.50. The largest absolute Gasteiger partial charge is 2.00 e. The summed E-state index contributed by atoms with van der Waals surface area (Å²) < 4.78 is 0. The van der Waals surface area contributed by atoms with Gasteiger partial charge in [-0.2, -0.15) is 0 Å². The van der Waals surface area contributed by atoms with Crippen LogP contribution in [0.5, 0.6) is 0 Å². The molecule has 4 N–H and O–H groups in total. The van der Waals surface area contributed by atoms with Gasteiger partial charge in [-0.3, -0.25) is 0 Å². The first kappa shape index (κ1) is 16.5. The zero-order valence-electron chi connectivity index (χ0n) is 5.37. The molecule has 0 rings (SSSR count). The van der Waals surface area contributed by atoms with E-state index in [1.54, 1.807) is 0 Å². The van der Waals surface area contributed by atoms with Crippen LogP contribution in [0, 0.1) is 49.4 Å². The van der Waals surface area contributed by atoms with E-state index in [2.05, 4.69) is 0 Å². The molecule has 0 saturated carbocycles. The number of hydrogen-bond acceptors (Lipinski definition) is 4. The van der Waals surface area contributed by atoms with E-state index in [1.807, 2.05) is 0 Å². The third-order valence-corrected chi connectivity index (χ3v) is 0. The van der Waals surface area contributed by atoms with Crippen molar-refractivity contribution in [1.29, 1.82) is 0 Å². The van der Waals surface area contributed by atoms with Gasteiger partial charge in [0.15, 0.2) is 0 Å². The summed E-state index contributed by atoms with van der Waals surface area (Å²) in [4.78, 5) is 29.3. The second-order valence-corrected chi connectivity index (χ2v) is 1.80. The van der Waals surface area contributed by atoms with Crippen molar-refractivity contribution in [3.8, 4) is 0 Å². The molecule has 0 atom stereocenters. The molecule has 0 fully saturated rings. The van der Waals surface area contributed by atoms with Gasteiger partial charge in [-0.25, -0.2) is 0 Å². The predicted molar refractivity (Wildman–Crippen MR) is 22.6 cm³/mol. The molecule has 0 aromatic rings. The van der Waals surface area contributed by atoms with Crippen LogP contribution in [-0.4, -0.2) is 66.0 Å². The van der Waals surface area contributed by atoms with Gasteiger partial charge in [-0.15, -0.1) is 0 Å². The van der Waals surface area contributed by atoms with E-state index >= 15 is 0 Å². The van der Waals surface area contributed by atoms with Crippen molar-refractivity contribution >= 4 is 46.8 Å². The van der Waals surface area contributed by atoms with E-state index in [4.69, 9.17) is 19.2 Å². The summed E-state index contributed by atoms with van der Waals surface area (Å²) in [7, 11) is -4.61. The van der Waals surface area contributed by atoms with Crippen LogP contribution < -0.4 is 0 Å². The third kappa shape index (κ3) is 50.4. The second kappa shape index (κ2) is 7.01. The Labute approximate surface area is 116 Å². The third-order valence-electron chi connectivity index (χ3n) is 0. The van der Waals surface area contributed by atoms with Crippen molar-refractivity contribution in [3.63, 3.8) is 0 Å². The zero-order valence-corrected chi connectivity index (χ0v) is 9.01. The molecule has 43 valence electrons. The molecule has 0 saturated heterocycles. The second-order valence-electron chi connectivity index (χ2n) is 0.600.